The molecule has 0 saturated carbocycles. The number of fused-ring (bicyclic) bond motifs is 1. The minimum absolute atomic E-state index is 0.165. The minimum Gasteiger partial charge on any atom is -0.454 e. The van der Waals surface area contributed by atoms with Gasteiger partial charge in [-0.3, -0.25) is 4.90 Å². The van der Waals surface area contributed by atoms with Crippen molar-refractivity contribution in [2.24, 2.45) is 11.7 Å². The Kier molecular flexibility index (Phi) is 4.94. The van der Waals surface area contributed by atoms with Crippen LogP contribution in [0.3, 0.4) is 0 Å². The van der Waals surface area contributed by atoms with Gasteiger partial charge in [0.25, 0.3) is 0 Å². The molecule has 0 aliphatic carbocycles. The highest BCUT2D eigenvalue weighted by atomic mass is 79.9. The van der Waals surface area contributed by atoms with Crippen LogP contribution in [0.1, 0.15) is 32.4 Å². The third-order valence-electron chi connectivity index (χ3n) is 4.16. The van der Waals surface area contributed by atoms with E-state index in [4.69, 9.17) is 15.2 Å². The lowest BCUT2D eigenvalue weighted by Gasteiger charge is -2.35. The molecule has 0 spiro atoms. The Morgan fingerprint density at radius 3 is 2.60 bits per heavy atom. The number of ether oxygens (including phenoxy) is 2. The minimum atomic E-state index is 0.165. The standard InChI is InChI=1S/C15H23BrN2O2/c1-9(2)10(3)18(4)13(7-17)11-5-12(16)15-14(6-11)19-8-20-15/h5-6,9-10,13H,7-8,17H2,1-4H3. The molecule has 2 N–H and O–H groups in total. The molecule has 0 bridgehead atoms. The van der Waals surface area contributed by atoms with Gasteiger partial charge in [0.05, 0.1) is 4.47 Å². The van der Waals surface area contributed by atoms with Gasteiger partial charge in [-0.15, -0.1) is 0 Å². The summed E-state index contributed by atoms with van der Waals surface area (Å²) in [5, 5.41) is 0. The molecule has 1 aromatic rings. The van der Waals surface area contributed by atoms with E-state index in [-0.39, 0.29) is 12.8 Å². The van der Waals surface area contributed by atoms with Crippen molar-refractivity contribution >= 4 is 15.9 Å². The predicted octanol–water partition coefficient (Wildman–Crippen LogP) is 3.15. The van der Waals surface area contributed by atoms with Gasteiger partial charge < -0.3 is 15.2 Å². The SMILES string of the molecule is CC(C)C(C)N(C)C(CN)c1cc(Br)c2c(c1)OCO2. The van der Waals surface area contributed by atoms with Crippen LogP contribution >= 0.6 is 15.9 Å². The Hall–Kier alpha value is -0.780. The van der Waals surface area contributed by atoms with Gasteiger partial charge in [0.15, 0.2) is 11.5 Å². The first-order valence-electron chi connectivity index (χ1n) is 6.96. The molecule has 0 saturated heterocycles. The first-order chi connectivity index (χ1) is 9.45. The van der Waals surface area contributed by atoms with Crippen LogP contribution in [0.5, 0.6) is 11.5 Å². The van der Waals surface area contributed by atoms with Gasteiger partial charge in [0.1, 0.15) is 0 Å². The molecule has 5 heteroatoms. The van der Waals surface area contributed by atoms with E-state index in [1.165, 1.54) is 0 Å². The lowest BCUT2D eigenvalue weighted by molar-refractivity contribution is 0.151. The number of benzene rings is 1. The largest absolute Gasteiger partial charge is 0.454 e. The van der Waals surface area contributed by atoms with Gasteiger partial charge in [0, 0.05) is 18.6 Å². The van der Waals surface area contributed by atoms with E-state index in [2.05, 4.69) is 54.7 Å². The monoisotopic (exact) mass is 342 g/mol. The van der Waals surface area contributed by atoms with Crippen LogP contribution in [0.15, 0.2) is 16.6 Å². The van der Waals surface area contributed by atoms with E-state index in [1.807, 2.05) is 6.07 Å². The fourth-order valence-corrected chi connectivity index (χ4v) is 3.05. The topological polar surface area (TPSA) is 47.7 Å². The number of hydrogen-bond donors (Lipinski definition) is 1. The van der Waals surface area contributed by atoms with Gasteiger partial charge in [-0.25, -0.2) is 0 Å². The van der Waals surface area contributed by atoms with Gasteiger partial charge in [0.2, 0.25) is 6.79 Å². The Labute approximate surface area is 129 Å². The predicted molar refractivity (Wildman–Crippen MR) is 84.1 cm³/mol. The maximum atomic E-state index is 6.01. The summed E-state index contributed by atoms with van der Waals surface area (Å²) in [5.74, 6) is 2.15. The molecule has 1 aliphatic rings. The smallest absolute Gasteiger partial charge is 0.231 e. The molecular weight excluding hydrogens is 320 g/mol. The molecule has 0 radical (unpaired) electrons. The number of hydrogen-bond acceptors (Lipinski definition) is 4. The van der Waals surface area contributed by atoms with Crippen LogP contribution in [0.2, 0.25) is 0 Å². The third kappa shape index (κ3) is 2.95. The molecule has 0 amide bonds. The fraction of sp³-hybridized carbons (Fsp3) is 0.600. The number of nitrogens with zero attached hydrogens (tertiary/aromatic N) is 1. The van der Waals surface area contributed by atoms with Crippen molar-refractivity contribution in [3.8, 4) is 11.5 Å². The van der Waals surface area contributed by atoms with Crippen LogP contribution in [-0.4, -0.2) is 31.3 Å². The summed E-state index contributed by atoms with van der Waals surface area (Å²) in [4.78, 5) is 2.33. The molecular formula is C15H23BrN2O2. The van der Waals surface area contributed by atoms with Gasteiger partial charge in [-0.1, -0.05) is 13.8 Å². The molecule has 0 fully saturated rings. The highest BCUT2D eigenvalue weighted by Gasteiger charge is 2.26. The zero-order valence-corrected chi connectivity index (χ0v) is 14.1. The second kappa shape index (κ2) is 6.33. The van der Waals surface area contributed by atoms with E-state index < -0.39 is 0 Å². The van der Waals surface area contributed by atoms with Crippen molar-refractivity contribution < 1.29 is 9.47 Å². The van der Waals surface area contributed by atoms with Gasteiger partial charge in [-0.2, -0.15) is 0 Å². The average molecular weight is 343 g/mol. The van der Waals surface area contributed by atoms with Crippen molar-refractivity contribution in [2.45, 2.75) is 32.9 Å². The van der Waals surface area contributed by atoms with Crippen LogP contribution in [0, 0.1) is 5.92 Å². The van der Waals surface area contributed by atoms with E-state index >= 15 is 0 Å². The molecule has 1 aromatic carbocycles. The lowest BCUT2D eigenvalue weighted by Crippen LogP contribution is -2.39. The normalized spacial score (nSPS) is 16.8. The molecule has 2 unspecified atom stereocenters. The molecule has 2 rings (SSSR count). The summed E-state index contributed by atoms with van der Waals surface area (Å²) in [6.45, 7) is 7.53. The Morgan fingerprint density at radius 1 is 1.30 bits per heavy atom. The van der Waals surface area contributed by atoms with E-state index in [1.54, 1.807) is 0 Å². The third-order valence-corrected chi connectivity index (χ3v) is 4.75. The zero-order valence-electron chi connectivity index (χ0n) is 12.5. The summed E-state index contributed by atoms with van der Waals surface area (Å²) in [7, 11) is 2.13. The first kappa shape index (κ1) is 15.6. The first-order valence-corrected chi connectivity index (χ1v) is 7.76. The summed E-state index contributed by atoms with van der Waals surface area (Å²) in [5.41, 5.74) is 7.16. The lowest BCUT2D eigenvalue weighted by atomic mass is 9.99. The number of halogens is 1. The quantitative estimate of drug-likeness (QED) is 0.892. The van der Waals surface area contributed by atoms with Gasteiger partial charge >= 0.3 is 0 Å². The second-order valence-corrected chi connectivity index (χ2v) is 6.49. The van der Waals surface area contributed by atoms with Gasteiger partial charge in [-0.05, 0) is 53.5 Å². The molecule has 2 atom stereocenters. The highest BCUT2D eigenvalue weighted by Crippen LogP contribution is 2.42. The molecule has 1 heterocycles. The number of likely N-dealkylation sites (N-methyl/N-ethyl adjacent to an activating group) is 1. The summed E-state index contributed by atoms with van der Waals surface area (Å²) < 4.78 is 11.8. The summed E-state index contributed by atoms with van der Waals surface area (Å²) >= 11 is 3.55. The second-order valence-electron chi connectivity index (χ2n) is 5.64. The Morgan fingerprint density at radius 2 is 2.00 bits per heavy atom. The molecule has 112 valence electrons. The Balaban J connectivity index is 2.30. The molecule has 4 nitrogen and oxygen atoms in total. The summed E-state index contributed by atoms with van der Waals surface area (Å²) in [6, 6.07) is 4.73. The fourth-order valence-electron chi connectivity index (χ4n) is 2.47. The van der Waals surface area contributed by atoms with E-state index in [0.29, 0.717) is 18.5 Å². The number of rotatable bonds is 5. The number of nitrogens with two attached hydrogens (primary N) is 1. The van der Waals surface area contributed by atoms with Crippen molar-refractivity contribution in [1.29, 1.82) is 0 Å². The van der Waals surface area contributed by atoms with Crippen LogP contribution < -0.4 is 15.2 Å². The Bertz CT molecular complexity index is 479. The van der Waals surface area contributed by atoms with Crippen LogP contribution in [0.4, 0.5) is 0 Å². The maximum absolute atomic E-state index is 6.01. The molecule has 0 aromatic heterocycles. The molecule has 20 heavy (non-hydrogen) atoms. The van der Waals surface area contributed by atoms with E-state index in [9.17, 15) is 0 Å². The van der Waals surface area contributed by atoms with Crippen LogP contribution in [-0.2, 0) is 0 Å². The molecule has 1 aliphatic heterocycles. The highest BCUT2D eigenvalue weighted by molar-refractivity contribution is 9.10. The van der Waals surface area contributed by atoms with E-state index in [0.717, 1.165) is 21.5 Å². The van der Waals surface area contributed by atoms with Crippen molar-refractivity contribution in [2.75, 3.05) is 20.4 Å². The maximum Gasteiger partial charge on any atom is 0.231 e. The van der Waals surface area contributed by atoms with Crippen molar-refractivity contribution in [3.63, 3.8) is 0 Å². The zero-order chi connectivity index (χ0) is 14.9. The van der Waals surface area contributed by atoms with Crippen molar-refractivity contribution in [3.05, 3.63) is 22.2 Å². The van der Waals surface area contributed by atoms with Crippen LogP contribution in [0.25, 0.3) is 0 Å². The summed E-state index contributed by atoms with van der Waals surface area (Å²) in [6.07, 6.45) is 0. The van der Waals surface area contributed by atoms with Crippen molar-refractivity contribution in [1.82, 2.24) is 4.90 Å². The average Bonchev–Trinajstić information content (AvgIpc) is 2.87.